The van der Waals surface area contributed by atoms with Crippen LogP contribution < -0.4 is 5.32 Å². The van der Waals surface area contributed by atoms with Crippen LogP contribution in [0.15, 0.2) is 0 Å². The SMILES string of the molecule is CC(C)(C)OC(=O)N1CCC(CNCCC(=O)O)CC1. The molecule has 1 rings (SSSR count). The number of carboxylic acids is 1. The highest BCUT2D eigenvalue weighted by molar-refractivity contribution is 5.68. The zero-order valence-electron chi connectivity index (χ0n) is 12.6. The highest BCUT2D eigenvalue weighted by Gasteiger charge is 2.26. The molecule has 1 aliphatic heterocycles. The lowest BCUT2D eigenvalue weighted by Gasteiger charge is -2.33. The second kappa shape index (κ2) is 7.47. The van der Waals surface area contributed by atoms with Gasteiger partial charge in [-0.25, -0.2) is 4.79 Å². The Morgan fingerprint density at radius 1 is 1.30 bits per heavy atom. The van der Waals surface area contributed by atoms with E-state index in [1.807, 2.05) is 20.8 Å². The van der Waals surface area contributed by atoms with Crippen molar-refractivity contribution in [1.82, 2.24) is 10.2 Å². The molecule has 0 spiro atoms. The second-order valence-corrected chi connectivity index (χ2v) is 6.26. The Labute approximate surface area is 120 Å². The number of carbonyl (C=O) groups is 2. The highest BCUT2D eigenvalue weighted by atomic mass is 16.6. The molecule has 0 atom stereocenters. The molecular weight excluding hydrogens is 260 g/mol. The van der Waals surface area contributed by atoms with Gasteiger partial charge in [-0.05, 0) is 46.1 Å². The Hall–Kier alpha value is -1.30. The quantitative estimate of drug-likeness (QED) is 0.752. The Bertz CT molecular complexity index is 331. The fraction of sp³-hybridized carbons (Fsp3) is 0.857. The number of piperidine rings is 1. The first-order valence-electron chi connectivity index (χ1n) is 7.18. The topological polar surface area (TPSA) is 78.9 Å². The molecule has 0 aromatic rings. The van der Waals surface area contributed by atoms with Gasteiger partial charge in [0.1, 0.15) is 5.60 Å². The van der Waals surface area contributed by atoms with Crippen LogP contribution in [-0.4, -0.2) is 53.8 Å². The number of rotatable bonds is 5. The van der Waals surface area contributed by atoms with Crippen molar-refractivity contribution in [3.05, 3.63) is 0 Å². The fourth-order valence-corrected chi connectivity index (χ4v) is 2.15. The lowest BCUT2D eigenvalue weighted by atomic mass is 9.97. The third-order valence-electron chi connectivity index (χ3n) is 3.21. The number of carbonyl (C=O) groups excluding carboxylic acids is 1. The lowest BCUT2D eigenvalue weighted by Crippen LogP contribution is -2.43. The first kappa shape index (κ1) is 16.8. The molecule has 20 heavy (non-hydrogen) atoms. The molecule has 2 N–H and O–H groups in total. The molecule has 0 bridgehead atoms. The number of nitrogens with zero attached hydrogens (tertiary/aromatic N) is 1. The maximum absolute atomic E-state index is 11.9. The van der Waals surface area contributed by atoms with Crippen molar-refractivity contribution in [1.29, 1.82) is 0 Å². The van der Waals surface area contributed by atoms with E-state index in [1.165, 1.54) is 0 Å². The van der Waals surface area contributed by atoms with Gasteiger partial charge in [-0.1, -0.05) is 0 Å². The van der Waals surface area contributed by atoms with Crippen LogP contribution in [0.1, 0.15) is 40.0 Å². The summed E-state index contributed by atoms with van der Waals surface area (Å²) >= 11 is 0. The van der Waals surface area contributed by atoms with E-state index in [-0.39, 0.29) is 12.5 Å². The maximum Gasteiger partial charge on any atom is 0.410 e. The highest BCUT2D eigenvalue weighted by Crippen LogP contribution is 2.19. The van der Waals surface area contributed by atoms with Gasteiger partial charge in [-0.2, -0.15) is 0 Å². The smallest absolute Gasteiger partial charge is 0.410 e. The molecule has 116 valence electrons. The summed E-state index contributed by atoms with van der Waals surface area (Å²) in [6, 6.07) is 0. The minimum atomic E-state index is -0.780. The standard InChI is InChI=1S/C14H26N2O4/c1-14(2,3)20-13(19)16-8-5-11(6-9-16)10-15-7-4-12(17)18/h11,15H,4-10H2,1-3H3,(H,17,18). The van der Waals surface area contributed by atoms with Gasteiger partial charge in [0.15, 0.2) is 0 Å². The molecule has 0 saturated carbocycles. The molecule has 1 heterocycles. The first-order chi connectivity index (χ1) is 9.28. The molecule has 6 nitrogen and oxygen atoms in total. The summed E-state index contributed by atoms with van der Waals surface area (Å²) < 4.78 is 5.34. The fourth-order valence-electron chi connectivity index (χ4n) is 2.15. The summed E-state index contributed by atoms with van der Waals surface area (Å²) in [5.41, 5.74) is -0.452. The van der Waals surface area contributed by atoms with Crippen LogP contribution in [0.5, 0.6) is 0 Å². The van der Waals surface area contributed by atoms with Crippen molar-refractivity contribution in [3.63, 3.8) is 0 Å². The monoisotopic (exact) mass is 286 g/mol. The molecule has 0 aromatic carbocycles. The van der Waals surface area contributed by atoms with Crippen LogP contribution in [0.4, 0.5) is 4.79 Å². The van der Waals surface area contributed by atoms with E-state index in [0.717, 1.165) is 19.4 Å². The van der Waals surface area contributed by atoms with Gasteiger partial charge < -0.3 is 20.1 Å². The second-order valence-electron chi connectivity index (χ2n) is 6.26. The zero-order chi connectivity index (χ0) is 15.2. The molecule has 1 fully saturated rings. The van der Waals surface area contributed by atoms with Crippen LogP contribution >= 0.6 is 0 Å². The summed E-state index contributed by atoms with van der Waals surface area (Å²) in [6.45, 7) is 8.33. The number of aliphatic carboxylic acids is 1. The molecular formula is C14H26N2O4. The minimum absolute atomic E-state index is 0.150. The number of hydrogen-bond donors (Lipinski definition) is 2. The van der Waals surface area contributed by atoms with Crippen LogP contribution in [0.3, 0.4) is 0 Å². The number of nitrogens with one attached hydrogen (secondary N) is 1. The van der Waals surface area contributed by atoms with E-state index in [2.05, 4.69) is 5.32 Å². The van der Waals surface area contributed by atoms with Gasteiger partial charge in [0, 0.05) is 19.6 Å². The van der Waals surface area contributed by atoms with Crippen molar-refractivity contribution < 1.29 is 19.4 Å². The van der Waals surface area contributed by atoms with Gasteiger partial charge in [0.05, 0.1) is 6.42 Å². The van der Waals surface area contributed by atoms with Crippen LogP contribution in [0.25, 0.3) is 0 Å². The van der Waals surface area contributed by atoms with E-state index in [4.69, 9.17) is 9.84 Å². The lowest BCUT2D eigenvalue weighted by molar-refractivity contribution is -0.136. The molecule has 1 saturated heterocycles. The van der Waals surface area contributed by atoms with Crippen molar-refractivity contribution in [2.45, 2.75) is 45.6 Å². The largest absolute Gasteiger partial charge is 0.481 e. The van der Waals surface area contributed by atoms with Crippen LogP contribution in [0, 0.1) is 5.92 Å². The van der Waals surface area contributed by atoms with Crippen molar-refractivity contribution >= 4 is 12.1 Å². The van der Waals surface area contributed by atoms with Crippen molar-refractivity contribution in [3.8, 4) is 0 Å². The van der Waals surface area contributed by atoms with Crippen molar-refractivity contribution in [2.75, 3.05) is 26.2 Å². The average Bonchev–Trinajstić information content (AvgIpc) is 2.33. The molecule has 0 aliphatic carbocycles. The zero-order valence-corrected chi connectivity index (χ0v) is 12.6. The van der Waals surface area contributed by atoms with E-state index in [0.29, 0.717) is 25.6 Å². The number of hydrogen-bond acceptors (Lipinski definition) is 4. The van der Waals surface area contributed by atoms with E-state index in [9.17, 15) is 9.59 Å². The molecule has 6 heteroatoms. The van der Waals surface area contributed by atoms with Gasteiger partial charge in [-0.15, -0.1) is 0 Å². The van der Waals surface area contributed by atoms with Gasteiger partial charge in [0.25, 0.3) is 0 Å². The third-order valence-corrected chi connectivity index (χ3v) is 3.21. The molecule has 0 aromatic heterocycles. The van der Waals surface area contributed by atoms with E-state index in [1.54, 1.807) is 4.90 Å². The Morgan fingerprint density at radius 3 is 2.40 bits per heavy atom. The maximum atomic E-state index is 11.9. The number of likely N-dealkylation sites (tertiary alicyclic amines) is 1. The molecule has 1 aliphatic rings. The molecule has 1 amide bonds. The number of carboxylic acid groups (broad SMARTS) is 1. The summed E-state index contributed by atoms with van der Waals surface area (Å²) in [6.07, 6.45) is 1.77. The Balaban J connectivity index is 2.19. The summed E-state index contributed by atoms with van der Waals surface area (Å²) in [7, 11) is 0. The van der Waals surface area contributed by atoms with Gasteiger partial charge in [-0.3, -0.25) is 4.79 Å². The van der Waals surface area contributed by atoms with Crippen LogP contribution in [0.2, 0.25) is 0 Å². The van der Waals surface area contributed by atoms with Crippen molar-refractivity contribution in [2.24, 2.45) is 5.92 Å². The normalized spacial score (nSPS) is 17.1. The minimum Gasteiger partial charge on any atom is -0.481 e. The summed E-state index contributed by atoms with van der Waals surface area (Å²) in [5.74, 6) is -0.278. The van der Waals surface area contributed by atoms with E-state index >= 15 is 0 Å². The predicted molar refractivity (Wildman–Crippen MR) is 75.7 cm³/mol. The molecule has 0 radical (unpaired) electrons. The summed E-state index contributed by atoms with van der Waals surface area (Å²) in [5, 5.41) is 11.7. The molecule has 0 unspecified atom stereocenters. The number of ether oxygens (including phenoxy) is 1. The van der Waals surface area contributed by atoms with Gasteiger partial charge in [0.2, 0.25) is 0 Å². The third kappa shape index (κ3) is 6.75. The predicted octanol–water partition coefficient (Wildman–Crippen LogP) is 1.70. The van der Waals surface area contributed by atoms with E-state index < -0.39 is 11.6 Å². The summed E-state index contributed by atoms with van der Waals surface area (Å²) in [4.78, 5) is 24.0. The first-order valence-corrected chi connectivity index (χ1v) is 7.18. The van der Waals surface area contributed by atoms with Crippen LogP contribution in [-0.2, 0) is 9.53 Å². The Morgan fingerprint density at radius 2 is 1.90 bits per heavy atom. The average molecular weight is 286 g/mol. The number of amides is 1. The van der Waals surface area contributed by atoms with Gasteiger partial charge >= 0.3 is 12.1 Å². The Kier molecular flexibility index (Phi) is 6.26.